The van der Waals surface area contributed by atoms with Crippen molar-refractivity contribution in [3.63, 3.8) is 0 Å². The van der Waals surface area contributed by atoms with Gasteiger partial charge in [0.15, 0.2) is 23.5 Å². The molecule has 1 N–H and O–H groups in total. The van der Waals surface area contributed by atoms with Crippen LogP contribution in [0.5, 0.6) is 5.75 Å². The summed E-state index contributed by atoms with van der Waals surface area (Å²) in [6.45, 7) is 0. The molecule has 0 spiro atoms. The molecular weight excluding hydrogens is 184 g/mol. The van der Waals surface area contributed by atoms with Crippen LogP contribution < -0.4 is 0 Å². The highest BCUT2D eigenvalue weighted by molar-refractivity contribution is 5.75. The highest BCUT2D eigenvalue weighted by Gasteiger charge is 2.07. The van der Waals surface area contributed by atoms with E-state index in [1.54, 1.807) is 12.3 Å². The molecule has 70 valence electrons. The van der Waals surface area contributed by atoms with E-state index in [1.165, 1.54) is 17.2 Å². The summed E-state index contributed by atoms with van der Waals surface area (Å²) in [6, 6.07) is 1.61. The van der Waals surface area contributed by atoms with Gasteiger partial charge in [0.25, 0.3) is 0 Å². The van der Waals surface area contributed by atoms with Gasteiger partial charge in [0.1, 0.15) is 6.33 Å². The highest BCUT2D eigenvalue weighted by atomic mass is 16.3. The van der Waals surface area contributed by atoms with Crippen LogP contribution in [0.1, 0.15) is 10.5 Å². The Bertz CT molecular complexity index is 452. The zero-order chi connectivity index (χ0) is 9.97. The molecular formula is C8H6N4O2. The number of hydrogen-bond acceptors (Lipinski definition) is 5. The average Bonchev–Trinajstić information content (AvgIpc) is 2.61. The van der Waals surface area contributed by atoms with Gasteiger partial charge in [-0.2, -0.15) is 5.10 Å². The van der Waals surface area contributed by atoms with Crippen LogP contribution >= 0.6 is 0 Å². The van der Waals surface area contributed by atoms with Crippen molar-refractivity contribution >= 4 is 6.29 Å². The Morgan fingerprint density at radius 3 is 2.93 bits per heavy atom. The molecule has 0 unspecified atom stereocenters. The van der Waals surface area contributed by atoms with E-state index >= 15 is 0 Å². The maximum Gasteiger partial charge on any atom is 0.174 e. The van der Waals surface area contributed by atoms with Crippen LogP contribution in [-0.2, 0) is 0 Å². The molecule has 14 heavy (non-hydrogen) atoms. The molecule has 2 aromatic rings. The second-order valence-corrected chi connectivity index (χ2v) is 2.53. The summed E-state index contributed by atoms with van der Waals surface area (Å²) >= 11 is 0. The molecule has 6 heteroatoms. The number of nitrogens with zero attached hydrogens (tertiary/aromatic N) is 4. The monoisotopic (exact) mass is 190 g/mol. The largest absolute Gasteiger partial charge is 0.504 e. The molecule has 2 rings (SSSR count). The van der Waals surface area contributed by atoms with Gasteiger partial charge in [-0.25, -0.2) is 14.6 Å². The van der Waals surface area contributed by atoms with Gasteiger partial charge >= 0.3 is 0 Å². The third-order valence-electron chi connectivity index (χ3n) is 1.64. The first kappa shape index (κ1) is 8.36. The number of rotatable bonds is 2. The van der Waals surface area contributed by atoms with E-state index in [4.69, 9.17) is 0 Å². The Morgan fingerprint density at radius 2 is 2.36 bits per heavy atom. The standard InChI is InChI=1S/C8H6N4O2/c13-4-6-7(14)3-12(11-6)8-1-2-9-5-10-8/h1-5,14H. The number of carbonyl (C=O) groups excluding carboxylic acids is 1. The fraction of sp³-hybridized carbons (Fsp3) is 0. The van der Waals surface area contributed by atoms with Crippen molar-refractivity contribution in [2.75, 3.05) is 0 Å². The lowest BCUT2D eigenvalue weighted by Crippen LogP contribution is -1.98. The van der Waals surface area contributed by atoms with Crippen molar-refractivity contribution < 1.29 is 9.90 Å². The molecule has 2 heterocycles. The number of aldehydes is 1. The summed E-state index contributed by atoms with van der Waals surface area (Å²) in [5.74, 6) is 0.321. The van der Waals surface area contributed by atoms with E-state index in [0.717, 1.165) is 0 Å². The molecule has 0 aliphatic rings. The van der Waals surface area contributed by atoms with Gasteiger partial charge in [0.2, 0.25) is 0 Å². The second-order valence-electron chi connectivity index (χ2n) is 2.53. The highest BCUT2D eigenvalue weighted by Crippen LogP contribution is 2.14. The smallest absolute Gasteiger partial charge is 0.174 e. The van der Waals surface area contributed by atoms with Gasteiger partial charge in [-0.15, -0.1) is 0 Å². The van der Waals surface area contributed by atoms with Crippen molar-refractivity contribution in [1.29, 1.82) is 0 Å². The van der Waals surface area contributed by atoms with Crippen LogP contribution in [0.25, 0.3) is 5.82 Å². The van der Waals surface area contributed by atoms with Crippen molar-refractivity contribution in [3.05, 3.63) is 30.5 Å². The fourth-order valence-corrected chi connectivity index (χ4v) is 0.999. The van der Waals surface area contributed by atoms with E-state index in [0.29, 0.717) is 12.1 Å². The Kier molecular flexibility index (Phi) is 1.94. The van der Waals surface area contributed by atoms with Gasteiger partial charge < -0.3 is 5.11 Å². The topological polar surface area (TPSA) is 80.9 Å². The normalized spacial score (nSPS) is 10.0. The minimum atomic E-state index is -0.168. The molecule has 0 bridgehead atoms. The van der Waals surface area contributed by atoms with E-state index in [9.17, 15) is 9.90 Å². The molecule has 0 amide bonds. The Hall–Kier alpha value is -2.24. The fourth-order valence-electron chi connectivity index (χ4n) is 0.999. The van der Waals surface area contributed by atoms with Crippen molar-refractivity contribution in [1.82, 2.24) is 19.7 Å². The average molecular weight is 190 g/mol. The maximum atomic E-state index is 10.4. The van der Waals surface area contributed by atoms with Crippen LogP contribution in [0.4, 0.5) is 0 Å². The predicted octanol–water partition coefficient (Wildman–Crippen LogP) is 0.180. The summed E-state index contributed by atoms with van der Waals surface area (Å²) in [7, 11) is 0. The quantitative estimate of drug-likeness (QED) is 0.683. The van der Waals surface area contributed by atoms with E-state index in [1.807, 2.05) is 0 Å². The molecule has 0 saturated heterocycles. The first-order valence-corrected chi connectivity index (χ1v) is 3.81. The van der Waals surface area contributed by atoms with Crippen molar-refractivity contribution in [2.24, 2.45) is 0 Å². The lowest BCUT2D eigenvalue weighted by molar-refractivity contribution is 0.111. The zero-order valence-corrected chi connectivity index (χ0v) is 7.03. The summed E-state index contributed by atoms with van der Waals surface area (Å²) in [4.78, 5) is 18.0. The van der Waals surface area contributed by atoms with E-state index in [-0.39, 0.29) is 11.4 Å². The molecule has 2 aromatic heterocycles. The zero-order valence-electron chi connectivity index (χ0n) is 7.03. The third kappa shape index (κ3) is 1.33. The van der Waals surface area contributed by atoms with Gasteiger partial charge in [0, 0.05) is 12.3 Å². The van der Waals surface area contributed by atoms with Crippen LogP contribution in [0.15, 0.2) is 24.8 Å². The number of carbonyl (C=O) groups is 1. The summed E-state index contributed by atoms with van der Waals surface area (Å²) in [5, 5.41) is 13.0. The summed E-state index contributed by atoms with van der Waals surface area (Å²) < 4.78 is 1.31. The van der Waals surface area contributed by atoms with Gasteiger partial charge in [-0.1, -0.05) is 0 Å². The second kappa shape index (κ2) is 3.25. The number of hydrogen-bond donors (Lipinski definition) is 1. The molecule has 6 nitrogen and oxygen atoms in total. The first-order valence-electron chi connectivity index (χ1n) is 3.81. The maximum absolute atomic E-state index is 10.4. The molecule has 0 atom stereocenters. The molecule has 0 fully saturated rings. The molecule has 0 saturated carbocycles. The van der Waals surface area contributed by atoms with Gasteiger partial charge in [0.05, 0.1) is 6.20 Å². The minimum Gasteiger partial charge on any atom is -0.504 e. The molecule has 0 radical (unpaired) electrons. The summed E-state index contributed by atoms with van der Waals surface area (Å²) in [5.41, 5.74) is -0.0105. The molecule has 0 aromatic carbocycles. The molecule has 0 aliphatic heterocycles. The summed E-state index contributed by atoms with van der Waals surface area (Å²) in [6.07, 6.45) is 4.69. The van der Waals surface area contributed by atoms with Crippen LogP contribution in [-0.4, -0.2) is 31.1 Å². The van der Waals surface area contributed by atoms with Gasteiger partial charge in [-0.05, 0) is 0 Å². The third-order valence-corrected chi connectivity index (χ3v) is 1.64. The minimum absolute atomic E-state index is 0.0105. The van der Waals surface area contributed by atoms with E-state index < -0.39 is 0 Å². The Balaban J connectivity index is 2.48. The molecule has 0 aliphatic carbocycles. The number of aromatic nitrogens is 4. The van der Waals surface area contributed by atoms with Crippen molar-refractivity contribution in [3.8, 4) is 11.6 Å². The predicted molar refractivity (Wildman–Crippen MR) is 46.2 cm³/mol. The van der Waals surface area contributed by atoms with Crippen LogP contribution in [0, 0.1) is 0 Å². The Labute approximate surface area is 78.9 Å². The van der Waals surface area contributed by atoms with Crippen LogP contribution in [0.2, 0.25) is 0 Å². The van der Waals surface area contributed by atoms with E-state index in [2.05, 4.69) is 15.1 Å². The lowest BCUT2D eigenvalue weighted by atomic mass is 10.4. The lowest BCUT2D eigenvalue weighted by Gasteiger charge is -1.96. The van der Waals surface area contributed by atoms with Crippen molar-refractivity contribution in [2.45, 2.75) is 0 Å². The van der Waals surface area contributed by atoms with Crippen LogP contribution in [0.3, 0.4) is 0 Å². The van der Waals surface area contributed by atoms with Gasteiger partial charge in [-0.3, -0.25) is 4.79 Å². The SMILES string of the molecule is O=Cc1nn(-c2ccncn2)cc1O. The Morgan fingerprint density at radius 1 is 1.50 bits per heavy atom. The number of aromatic hydroxyl groups is 1. The first-order chi connectivity index (χ1) is 6.81.